The van der Waals surface area contributed by atoms with Crippen LogP contribution in [0.1, 0.15) is 110 Å². The van der Waals surface area contributed by atoms with Gasteiger partial charge in [0.05, 0.1) is 0 Å². The summed E-state index contributed by atoms with van der Waals surface area (Å²) < 4.78 is 0. The highest BCUT2D eigenvalue weighted by Gasteiger charge is 2.28. The molecule has 0 amide bonds. The van der Waals surface area contributed by atoms with Gasteiger partial charge in [-0.25, -0.2) is 0 Å². The topological polar surface area (TPSA) is 0 Å². The quantitative estimate of drug-likeness (QED) is 0.476. The van der Waals surface area contributed by atoms with Crippen molar-refractivity contribution in [2.24, 2.45) is 17.8 Å². The third-order valence-electron chi connectivity index (χ3n) is 6.51. The van der Waals surface area contributed by atoms with Crippen molar-refractivity contribution < 1.29 is 0 Å². The summed E-state index contributed by atoms with van der Waals surface area (Å²) in [6.07, 6.45) is 23.5. The van der Waals surface area contributed by atoms with E-state index in [-0.39, 0.29) is 0 Å². The monoisotopic (exact) mass is 324 g/mol. The van der Waals surface area contributed by atoms with Crippen molar-refractivity contribution >= 4 is 12.6 Å². The van der Waals surface area contributed by atoms with E-state index in [1.165, 1.54) is 103 Å². The highest BCUT2D eigenvalue weighted by Crippen LogP contribution is 2.38. The number of fused-ring (bicyclic) bond motifs is 2. The van der Waals surface area contributed by atoms with E-state index >= 15 is 0 Å². The van der Waals surface area contributed by atoms with Crippen LogP contribution in [0.3, 0.4) is 0 Å². The molecule has 0 radical (unpaired) electrons. The van der Waals surface area contributed by atoms with E-state index in [2.05, 4.69) is 6.92 Å². The molecule has 0 aromatic carbocycles. The molecule has 130 valence electrons. The van der Waals surface area contributed by atoms with E-state index in [1.54, 1.807) is 0 Å². The van der Waals surface area contributed by atoms with Gasteiger partial charge in [-0.05, 0) is 30.6 Å². The van der Waals surface area contributed by atoms with Gasteiger partial charge in [0.2, 0.25) is 0 Å². The Bertz CT molecular complexity index is 275. The second-order valence-electron chi connectivity index (χ2n) is 8.19. The molecule has 0 aliphatic heterocycles. The molecule has 0 heterocycles. The molecule has 1 unspecified atom stereocenters. The molecule has 1 heteroatoms. The van der Waals surface area contributed by atoms with Gasteiger partial charge in [-0.1, -0.05) is 96.8 Å². The first-order chi connectivity index (χ1) is 10.8. The predicted molar refractivity (Wildman–Crippen MR) is 103 cm³/mol. The van der Waals surface area contributed by atoms with Crippen LogP contribution in [-0.2, 0) is 0 Å². The molecule has 22 heavy (non-hydrogen) atoms. The molecule has 2 fully saturated rings. The Hall–Kier alpha value is 0.350. The summed E-state index contributed by atoms with van der Waals surface area (Å²) in [5, 5.41) is 0.665. The summed E-state index contributed by atoms with van der Waals surface area (Å²) in [5.41, 5.74) is 0. The summed E-state index contributed by atoms with van der Waals surface area (Å²) in [7, 11) is 0. The standard InChI is InChI=1S/C21H40S/c1-2-20-19-15-11-7-3-5-9-13-18(17-19)14-10-6-4-8-12-16-21(20)22/h18-22H,2-17H2,1H3/t18-,19?,20+,21+/m0/s1. The van der Waals surface area contributed by atoms with Gasteiger partial charge in [0.1, 0.15) is 0 Å². The SMILES string of the molecule is CC[C@@H]1C2CCCCCCC[C@@H](CCCCCCC[C@H]1S)C2. The van der Waals surface area contributed by atoms with Crippen LogP contribution in [0, 0.1) is 17.8 Å². The highest BCUT2D eigenvalue weighted by molar-refractivity contribution is 7.81. The van der Waals surface area contributed by atoms with E-state index in [0.717, 1.165) is 17.8 Å². The van der Waals surface area contributed by atoms with Crippen LogP contribution < -0.4 is 0 Å². The second kappa shape index (κ2) is 11.0. The maximum atomic E-state index is 5.08. The summed E-state index contributed by atoms with van der Waals surface area (Å²) in [4.78, 5) is 0. The molecule has 2 aliphatic rings. The second-order valence-corrected chi connectivity index (χ2v) is 8.85. The lowest BCUT2D eigenvalue weighted by molar-refractivity contribution is 0.206. The van der Waals surface area contributed by atoms with Crippen LogP contribution in [0.5, 0.6) is 0 Å². The molecular formula is C21H40S. The smallest absolute Gasteiger partial charge is 0.00476 e. The van der Waals surface area contributed by atoms with Crippen molar-refractivity contribution in [2.45, 2.75) is 115 Å². The minimum absolute atomic E-state index is 0.665. The Kier molecular flexibility index (Phi) is 9.34. The first-order valence-corrected chi connectivity index (χ1v) is 11.0. The zero-order valence-corrected chi connectivity index (χ0v) is 16.0. The lowest BCUT2D eigenvalue weighted by Gasteiger charge is -2.34. The van der Waals surface area contributed by atoms with Gasteiger partial charge in [0.25, 0.3) is 0 Å². The zero-order chi connectivity index (χ0) is 15.6. The Balaban J connectivity index is 2.05. The minimum Gasteiger partial charge on any atom is -0.176 e. The van der Waals surface area contributed by atoms with E-state index in [4.69, 9.17) is 12.6 Å². The molecule has 0 saturated heterocycles. The number of thiol groups is 1. The Labute approximate surface area is 145 Å². The Morgan fingerprint density at radius 1 is 0.682 bits per heavy atom. The third kappa shape index (κ3) is 6.46. The summed E-state index contributed by atoms with van der Waals surface area (Å²) in [6, 6.07) is 0. The lowest BCUT2D eigenvalue weighted by Crippen LogP contribution is -2.27. The van der Waals surface area contributed by atoms with Crippen molar-refractivity contribution in [3.63, 3.8) is 0 Å². The molecule has 2 saturated carbocycles. The van der Waals surface area contributed by atoms with Crippen molar-refractivity contribution in [2.75, 3.05) is 0 Å². The van der Waals surface area contributed by atoms with Crippen molar-refractivity contribution in [1.82, 2.24) is 0 Å². The van der Waals surface area contributed by atoms with E-state index < -0.39 is 0 Å². The van der Waals surface area contributed by atoms with Crippen LogP contribution in [0.2, 0.25) is 0 Å². The largest absolute Gasteiger partial charge is 0.176 e. The zero-order valence-electron chi connectivity index (χ0n) is 15.1. The molecule has 4 atom stereocenters. The van der Waals surface area contributed by atoms with Crippen molar-refractivity contribution in [1.29, 1.82) is 0 Å². The average molecular weight is 325 g/mol. The maximum Gasteiger partial charge on any atom is 0.00476 e. The van der Waals surface area contributed by atoms with Gasteiger partial charge in [-0.2, -0.15) is 12.6 Å². The first-order valence-electron chi connectivity index (χ1n) is 10.5. The fraction of sp³-hybridized carbons (Fsp3) is 1.00. The Morgan fingerprint density at radius 2 is 1.18 bits per heavy atom. The summed E-state index contributed by atoms with van der Waals surface area (Å²) in [5.74, 6) is 2.87. The molecule has 0 N–H and O–H groups in total. The van der Waals surface area contributed by atoms with Crippen LogP contribution in [0.4, 0.5) is 0 Å². The van der Waals surface area contributed by atoms with Gasteiger partial charge in [-0.3, -0.25) is 0 Å². The van der Waals surface area contributed by atoms with Crippen LogP contribution in [0.15, 0.2) is 0 Å². The molecule has 2 rings (SSSR count). The molecular weight excluding hydrogens is 284 g/mol. The number of rotatable bonds is 1. The summed E-state index contributed by atoms with van der Waals surface area (Å²) in [6.45, 7) is 2.42. The normalized spacial score (nSPS) is 36.8. The van der Waals surface area contributed by atoms with Gasteiger partial charge < -0.3 is 0 Å². The van der Waals surface area contributed by atoms with Gasteiger partial charge in [0, 0.05) is 5.25 Å². The van der Waals surface area contributed by atoms with E-state index in [9.17, 15) is 0 Å². The van der Waals surface area contributed by atoms with Gasteiger partial charge in [-0.15, -0.1) is 0 Å². The van der Waals surface area contributed by atoms with Crippen molar-refractivity contribution in [3.8, 4) is 0 Å². The Morgan fingerprint density at radius 3 is 1.77 bits per heavy atom. The van der Waals surface area contributed by atoms with E-state index in [0.29, 0.717) is 5.25 Å². The number of hydrogen-bond donors (Lipinski definition) is 1. The minimum atomic E-state index is 0.665. The van der Waals surface area contributed by atoms with E-state index in [1.807, 2.05) is 0 Å². The molecule has 0 spiro atoms. The molecule has 0 aromatic heterocycles. The highest BCUT2D eigenvalue weighted by atomic mass is 32.1. The predicted octanol–water partition coefficient (Wildman–Crippen LogP) is 7.42. The van der Waals surface area contributed by atoms with Crippen LogP contribution in [-0.4, -0.2) is 5.25 Å². The fourth-order valence-corrected chi connectivity index (χ4v) is 5.77. The van der Waals surface area contributed by atoms with Crippen LogP contribution in [0.25, 0.3) is 0 Å². The van der Waals surface area contributed by atoms with Gasteiger partial charge in [0.15, 0.2) is 0 Å². The average Bonchev–Trinajstić information content (AvgIpc) is 2.52. The van der Waals surface area contributed by atoms with Crippen molar-refractivity contribution in [3.05, 3.63) is 0 Å². The molecule has 2 bridgehead atoms. The number of hydrogen-bond acceptors (Lipinski definition) is 1. The molecule has 2 aliphatic carbocycles. The summed E-state index contributed by atoms with van der Waals surface area (Å²) >= 11 is 5.08. The third-order valence-corrected chi connectivity index (χ3v) is 7.15. The van der Waals surface area contributed by atoms with Crippen LogP contribution >= 0.6 is 12.6 Å². The maximum absolute atomic E-state index is 5.08. The first kappa shape index (κ1) is 18.7. The lowest BCUT2D eigenvalue weighted by atomic mass is 9.74. The molecule has 0 aromatic rings. The van der Waals surface area contributed by atoms with Gasteiger partial charge >= 0.3 is 0 Å². The fourth-order valence-electron chi connectivity index (χ4n) is 5.14. The molecule has 0 nitrogen and oxygen atoms in total.